The summed E-state index contributed by atoms with van der Waals surface area (Å²) in [5, 5.41) is 9.53. The number of halogens is 5. The van der Waals surface area contributed by atoms with Gasteiger partial charge in [-0.15, -0.1) is 0 Å². The number of aliphatic hydroxyl groups is 1. The fraction of sp³-hybridized carbons (Fsp3) is 0.545. The zero-order valence-corrected chi connectivity index (χ0v) is 11.3. The van der Waals surface area contributed by atoms with E-state index in [4.69, 9.17) is 0 Å². The van der Waals surface area contributed by atoms with E-state index in [2.05, 4.69) is 25.7 Å². The van der Waals surface area contributed by atoms with Crippen LogP contribution >= 0.6 is 15.9 Å². The van der Waals surface area contributed by atoms with E-state index < -0.39 is 31.7 Å². The fourth-order valence-electron chi connectivity index (χ4n) is 1.29. The lowest BCUT2D eigenvalue weighted by Crippen LogP contribution is -2.34. The molecule has 0 aliphatic heterocycles. The molecule has 3 nitrogen and oxygen atoms in total. The molecule has 108 valence electrons. The Balaban J connectivity index is 2.34. The molecule has 8 heteroatoms. The SMILES string of the molecule is OC(COCC(F)(F)C(F)F)Cc1cncc(Br)c1. The van der Waals surface area contributed by atoms with Crippen LogP contribution in [0.3, 0.4) is 0 Å². The molecular weight excluding hydrogens is 334 g/mol. The minimum atomic E-state index is -4.20. The van der Waals surface area contributed by atoms with Gasteiger partial charge >= 0.3 is 12.3 Å². The van der Waals surface area contributed by atoms with Crippen LogP contribution < -0.4 is 0 Å². The molecule has 0 saturated carbocycles. The molecule has 1 heterocycles. The van der Waals surface area contributed by atoms with Gasteiger partial charge in [0.15, 0.2) is 0 Å². The Kier molecular flexibility index (Phi) is 6.15. The van der Waals surface area contributed by atoms with E-state index in [1.165, 1.54) is 6.20 Å². The van der Waals surface area contributed by atoms with Crippen LogP contribution in [0.4, 0.5) is 17.6 Å². The normalized spacial score (nSPS) is 13.8. The second-order valence-corrected chi connectivity index (χ2v) is 4.86. The lowest BCUT2D eigenvalue weighted by atomic mass is 10.1. The van der Waals surface area contributed by atoms with Gasteiger partial charge in [0.05, 0.1) is 12.7 Å². The minimum Gasteiger partial charge on any atom is -0.390 e. The molecule has 1 aromatic rings. The predicted molar refractivity (Wildman–Crippen MR) is 63.4 cm³/mol. The van der Waals surface area contributed by atoms with E-state index in [1.54, 1.807) is 12.3 Å². The highest BCUT2D eigenvalue weighted by molar-refractivity contribution is 9.10. The molecule has 0 spiro atoms. The van der Waals surface area contributed by atoms with Crippen LogP contribution in [0.1, 0.15) is 5.56 Å². The van der Waals surface area contributed by atoms with Crippen LogP contribution in [0.5, 0.6) is 0 Å². The van der Waals surface area contributed by atoms with Gasteiger partial charge in [-0.25, -0.2) is 8.78 Å². The van der Waals surface area contributed by atoms with Crippen molar-refractivity contribution < 1.29 is 27.4 Å². The number of nitrogens with zero attached hydrogens (tertiary/aromatic N) is 1. The molecule has 1 aromatic heterocycles. The minimum absolute atomic E-state index is 0.132. The van der Waals surface area contributed by atoms with Gasteiger partial charge < -0.3 is 9.84 Å². The summed E-state index contributed by atoms with van der Waals surface area (Å²) >= 11 is 3.19. The van der Waals surface area contributed by atoms with Crippen molar-refractivity contribution in [3.63, 3.8) is 0 Å². The molecule has 1 atom stereocenters. The average molecular weight is 346 g/mol. The van der Waals surface area contributed by atoms with Gasteiger partial charge in [0, 0.05) is 23.3 Å². The number of pyridine rings is 1. The van der Waals surface area contributed by atoms with Gasteiger partial charge in [-0.1, -0.05) is 0 Å². The molecule has 0 aliphatic rings. The molecular formula is C11H12BrF4NO2. The first kappa shape index (κ1) is 16.3. The zero-order valence-electron chi connectivity index (χ0n) is 9.70. The summed E-state index contributed by atoms with van der Waals surface area (Å²) in [6.07, 6.45) is -1.66. The van der Waals surface area contributed by atoms with Crippen molar-refractivity contribution >= 4 is 15.9 Å². The summed E-state index contributed by atoms with van der Waals surface area (Å²) in [5.74, 6) is -4.20. The van der Waals surface area contributed by atoms with Crippen molar-refractivity contribution in [1.29, 1.82) is 0 Å². The lowest BCUT2D eigenvalue weighted by Gasteiger charge is -2.17. The van der Waals surface area contributed by atoms with Crippen molar-refractivity contribution in [3.8, 4) is 0 Å². The number of aliphatic hydroxyl groups excluding tert-OH is 1. The van der Waals surface area contributed by atoms with Crippen LogP contribution in [-0.2, 0) is 11.2 Å². The number of aromatic nitrogens is 1. The van der Waals surface area contributed by atoms with E-state index in [0.29, 0.717) is 10.0 Å². The molecule has 1 N–H and O–H groups in total. The second-order valence-electron chi connectivity index (χ2n) is 3.95. The van der Waals surface area contributed by atoms with Crippen LogP contribution in [0.25, 0.3) is 0 Å². The maximum Gasteiger partial charge on any atom is 0.330 e. The van der Waals surface area contributed by atoms with Crippen molar-refractivity contribution in [3.05, 3.63) is 28.5 Å². The van der Waals surface area contributed by atoms with Gasteiger partial charge in [-0.2, -0.15) is 8.78 Å². The van der Waals surface area contributed by atoms with Crippen LogP contribution in [0.15, 0.2) is 22.9 Å². The first-order valence-electron chi connectivity index (χ1n) is 5.32. The molecule has 1 unspecified atom stereocenters. The Morgan fingerprint density at radius 3 is 2.63 bits per heavy atom. The summed E-state index contributed by atoms with van der Waals surface area (Å²) in [6, 6.07) is 1.70. The largest absolute Gasteiger partial charge is 0.390 e. The Morgan fingerprint density at radius 1 is 1.37 bits per heavy atom. The first-order chi connectivity index (χ1) is 8.81. The third-order valence-electron chi connectivity index (χ3n) is 2.16. The van der Waals surface area contributed by atoms with Crippen molar-refractivity contribution in [2.24, 2.45) is 0 Å². The third kappa shape index (κ3) is 5.84. The smallest absolute Gasteiger partial charge is 0.330 e. The monoisotopic (exact) mass is 345 g/mol. The van der Waals surface area contributed by atoms with E-state index in [9.17, 15) is 22.7 Å². The molecule has 0 saturated heterocycles. The fourth-order valence-corrected chi connectivity index (χ4v) is 1.70. The van der Waals surface area contributed by atoms with E-state index in [-0.39, 0.29) is 6.42 Å². The number of rotatable bonds is 7. The highest BCUT2D eigenvalue weighted by Crippen LogP contribution is 2.23. The predicted octanol–water partition coefficient (Wildman–Crippen LogP) is 2.66. The van der Waals surface area contributed by atoms with Crippen LogP contribution in [0.2, 0.25) is 0 Å². The van der Waals surface area contributed by atoms with Gasteiger partial charge in [0.25, 0.3) is 0 Å². The number of ether oxygens (including phenoxy) is 1. The molecule has 0 fully saturated rings. The number of hydrogen-bond donors (Lipinski definition) is 1. The highest BCUT2D eigenvalue weighted by atomic mass is 79.9. The van der Waals surface area contributed by atoms with Crippen LogP contribution in [-0.4, -0.2) is 41.8 Å². The summed E-state index contributed by atoms with van der Waals surface area (Å²) in [7, 11) is 0. The standard InChI is InChI=1S/C11H12BrF4NO2/c12-8-1-7(3-17-4-8)2-9(18)5-19-6-11(15,16)10(13)14/h1,3-4,9-10,18H,2,5-6H2. The van der Waals surface area contributed by atoms with Gasteiger partial charge in [0.2, 0.25) is 0 Å². The summed E-state index contributed by atoms with van der Waals surface area (Å²) in [5.41, 5.74) is 0.672. The summed E-state index contributed by atoms with van der Waals surface area (Å²) in [4.78, 5) is 3.86. The molecule has 1 rings (SSSR count). The Bertz CT molecular complexity index is 406. The average Bonchev–Trinajstić information content (AvgIpc) is 2.28. The second kappa shape index (κ2) is 7.16. The van der Waals surface area contributed by atoms with Gasteiger partial charge in [-0.3, -0.25) is 4.98 Å². The maximum absolute atomic E-state index is 12.5. The molecule has 0 amide bonds. The highest BCUT2D eigenvalue weighted by Gasteiger charge is 2.41. The zero-order chi connectivity index (χ0) is 14.5. The van der Waals surface area contributed by atoms with Crippen molar-refractivity contribution in [2.75, 3.05) is 13.2 Å². The Hall–Kier alpha value is -0.730. The summed E-state index contributed by atoms with van der Waals surface area (Å²) in [6.45, 7) is -1.87. The van der Waals surface area contributed by atoms with Crippen molar-refractivity contribution in [1.82, 2.24) is 4.98 Å². The maximum atomic E-state index is 12.5. The van der Waals surface area contributed by atoms with Crippen LogP contribution in [0, 0.1) is 0 Å². The topological polar surface area (TPSA) is 42.4 Å². The molecule has 0 aliphatic carbocycles. The van der Waals surface area contributed by atoms with Gasteiger partial charge in [0.1, 0.15) is 6.61 Å². The van der Waals surface area contributed by atoms with E-state index in [0.717, 1.165) is 0 Å². The lowest BCUT2D eigenvalue weighted by molar-refractivity contribution is -0.170. The number of alkyl halides is 4. The molecule has 0 bridgehead atoms. The van der Waals surface area contributed by atoms with Gasteiger partial charge in [-0.05, 0) is 27.6 Å². The summed E-state index contributed by atoms with van der Waals surface area (Å²) < 4.78 is 53.8. The van der Waals surface area contributed by atoms with E-state index >= 15 is 0 Å². The van der Waals surface area contributed by atoms with Crippen molar-refractivity contribution in [2.45, 2.75) is 24.9 Å². The quantitative estimate of drug-likeness (QED) is 0.772. The number of hydrogen-bond acceptors (Lipinski definition) is 3. The molecule has 19 heavy (non-hydrogen) atoms. The first-order valence-corrected chi connectivity index (χ1v) is 6.12. The Labute approximate surface area is 115 Å². The third-order valence-corrected chi connectivity index (χ3v) is 2.59. The molecule has 0 aromatic carbocycles. The Morgan fingerprint density at radius 2 is 2.05 bits per heavy atom. The van der Waals surface area contributed by atoms with E-state index in [1.807, 2.05) is 0 Å². The molecule has 0 radical (unpaired) electrons.